The van der Waals surface area contributed by atoms with Crippen LogP contribution in [-0.2, 0) is 6.42 Å². The van der Waals surface area contributed by atoms with Crippen molar-refractivity contribution in [1.82, 2.24) is 0 Å². The van der Waals surface area contributed by atoms with Crippen LogP contribution in [0.15, 0.2) is 47.1 Å². The van der Waals surface area contributed by atoms with Crippen molar-refractivity contribution in [2.24, 2.45) is 0 Å². The van der Waals surface area contributed by atoms with Crippen LogP contribution < -0.4 is 10.2 Å². The van der Waals surface area contributed by atoms with Crippen LogP contribution in [0, 0.1) is 13.8 Å². The molecule has 0 unspecified atom stereocenters. The minimum Gasteiger partial charge on any atom is -0.459 e. The van der Waals surface area contributed by atoms with Crippen molar-refractivity contribution in [3.63, 3.8) is 0 Å². The zero-order valence-electron chi connectivity index (χ0n) is 15.2. The first-order chi connectivity index (χ1) is 13.0. The first-order valence-electron chi connectivity index (χ1n) is 8.89. The van der Waals surface area contributed by atoms with Gasteiger partial charge in [-0.1, -0.05) is 17.7 Å². The van der Waals surface area contributed by atoms with Gasteiger partial charge in [0, 0.05) is 12.2 Å². The van der Waals surface area contributed by atoms with E-state index in [9.17, 15) is 9.59 Å². The van der Waals surface area contributed by atoms with E-state index in [1.165, 1.54) is 28.7 Å². The number of fused-ring (bicyclic) bond motifs is 1. The Balaban J connectivity index is 1.58. The number of nitrogens with one attached hydrogen (secondary N) is 1. The molecular weight excluding hydrogens is 360 g/mol. The molecule has 0 fully saturated rings. The van der Waals surface area contributed by atoms with E-state index < -0.39 is 0 Å². The van der Waals surface area contributed by atoms with Crippen LogP contribution in [-0.4, -0.2) is 18.4 Å². The summed E-state index contributed by atoms with van der Waals surface area (Å²) in [5.74, 6) is -0.0888. The zero-order chi connectivity index (χ0) is 19.0. The molecular formula is C21H20N2O3S. The van der Waals surface area contributed by atoms with Crippen molar-refractivity contribution in [2.45, 2.75) is 26.7 Å². The number of nitrogens with zero attached hydrogens (tertiary/aromatic N) is 1. The second-order valence-electron chi connectivity index (χ2n) is 6.75. The lowest BCUT2D eigenvalue weighted by molar-refractivity contribution is 0.0983. The van der Waals surface area contributed by atoms with Gasteiger partial charge in [0.2, 0.25) is 0 Å². The molecule has 1 aliphatic rings. The lowest BCUT2D eigenvalue weighted by Crippen LogP contribution is -2.35. The lowest BCUT2D eigenvalue weighted by Gasteiger charge is -2.29. The van der Waals surface area contributed by atoms with E-state index in [-0.39, 0.29) is 17.6 Å². The molecule has 0 atom stereocenters. The molecule has 6 heteroatoms. The van der Waals surface area contributed by atoms with Gasteiger partial charge in [0.05, 0.1) is 16.1 Å². The van der Waals surface area contributed by atoms with Gasteiger partial charge >= 0.3 is 0 Å². The van der Waals surface area contributed by atoms with Gasteiger partial charge in [0.1, 0.15) is 0 Å². The fourth-order valence-corrected chi connectivity index (χ4v) is 4.41. The summed E-state index contributed by atoms with van der Waals surface area (Å²) < 4.78 is 5.11. The summed E-state index contributed by atoms with van der Waals surface area (Å²) in [5, 5.41) is 3.44. The Kier molecular flexibility index (Phi) is 4.58. The highest BCUT2D eigenvalue weighted by molar-refractivity contribution is 7.18. The predicted molar refractivity (Wildman–Crippen MR) is 107 cm³/mol. The Morgan fingerprint density at radius 3 is 2.81 bits per heavy atom. The van der Waals surface area contributed by atoms with Crippen molar-refractivity contribution >= 4 is 33.8 Å². The molecule has 5 nitrogen and oxygen atoms in total. The van der Waals surface area contributed by atoms with Crippen molar-refractivity contribution in [3.8, 4) is 0 Å². The van der Waals surface area contributed by atoms with Crippen LogP contribution in [0.4, 0.5) is 10.7 Å². The fourth-order valence-electron chi connectivity index (χ4n) is 3.40. The van der Waals surface area contributed by atoms with Crippen LogP contribution in [0.1, 0.15) is 43.3 Å². The monoisotopic (exact) mass is 380 g/mol. The molecule has 0 saturated carbocycles. The molecule has 1 N–H and O–H groups in total. The largest absolute Gasteiger partial charge is 0.459 e. The number of aryl methyl sites for hydroxylation is 3. The average Bonchev–Trinajstić information content (AvgIpc) is 3.30. The summed E-state index contributed by atoms with van der Waals surface area (Å²) in [6.45, 7) is 4.67. The van der Waals surface area contributed by atoms with Gasteiger partial charge in [-0.25, -0.2) is 0 Å². The number of furan rings is 1. The summed E-state index contributed by atoms with van der Waals surface area (Å²) in [4.78, 5) is 27.9. The van der Waals surface area contributed by atoms with Gasteiger partial charge in [-0.05, 0) is 62.1 Å². The number of hydrogen-bond donors (Lipinski definition) is 1. The van der Waals surface area contributed by atoms with E-state index in [0.717, 1.165) is 24.1 Å². The number of carbonyl (C=O) groups excluding carboxylic acids is 2. The molecule has 1 aromatic carbocycles. The Morgan fingerprint density at radius 2 is 2.04 bits per heavy atom. The summed E-state index contributed by atoms with van der Waals surface area (Å²) in [7, 11) is 0. The van der Waals surface area contributed by atoms with Gasteiger partial charge in [0.25, 0.3) is 11.8 Å². The van der Waals surface area contributed by atoms with Crippen LogP contribution in [0.2, 0.25) is 0 Å². The van der Waals surface area contributed by atoms with E-state index in [1.807, 2.05) is 30.0 Å². The Hall–Kier alpha value is -2.86. The minimum atomic E-state index is -0.320. The third kappa shape index (κ3) is 3.40. The van der Waals surface area contributed by atoms with Crippen LogP contribution in [0.25, 0.3) is 0 Å². The maximum atomic E-state index is 13.2. The molecule has 27 heavy (non-hydrogen) atoms. The standard InChI is InChI=1S/C21H20N2O3S/c1-13-7-8-16-15(11-13)5-3-9-23(16)21(25)19-14(2)12-18(27-19)22-20(24)17-6-4-10-26-17/h4,6-8,10-12H,3,5,9H2,1-2H3,(H,22,24). The molecule has 4 rings (SSSR count). The minimum absolute atomic E-state index is 0.0131. The predicted octanol–water partition coefficient (Wildman–Crippen LogP) is 4.80. The van der Waals surface area contributed by atoms with Gasteiger partial charge in [-0.15, -0.1) is 11.3 Å². The molecule has 0 aliphatic carbocycles. The first kappa shape index (κ1) is 17.5. The molecule has 2 amide bonds. The highest BCUT2D eigenvalue weighted by Crippen LogP contribution is 2.33. The van der Waals surface area contributed by atoms with Crippen molar-refractivity contribution in [1.29, 1.82) is 0 Å². The van der Waals surface area contributed by atoms with E-state index >= 15 is 0 Å². The molecule has 1 aliphatic heterocycles. The number of rotatable bonds is 3. The molecule has 3 aromatic rings. The lowest BCUT2D eigenvalue weighted by atomic mass is 9.99. The number of benzene rings is 1. The van der Waals surface area contributed by atoms with E-state index in [1.54, 1.807) is 12.1 Å². The topological polar surface area (TPSA) is 62.6 Å². The maximum absolute atomic E-state index is 13.2. The second-order valence-corrected chi connectivity index (χ2v) is 7.80. The maximum Gasteiger partial charge on any atom is 0.291 e. The SMILES string of the molecule is Cc1ccc2c(c1)CCCN2C(=O)c1sc(NC(=O)c2ccco2)cc1C. The third-order valence-corrected chi connectivity index (χ3v) is 5.83. The highest BCUT2D eigenvalue weighted by atomic mass is 32.1. The van der Waals surface area contributed by atoms with Crippen molar-refractivity contribution in [2.75, 3.05) is 16.8 Å². The van der Waals surface area contributed by atoms with Crippen molar-refractivity contribution in [3.05, 3.63) is 70.0 Å². The average molecular weight is 380 g/mol. The molecule has 0 bridgehead atoms. The number of anilines is 2. The summed E-state index contributed by atoms with van der Waals surface area (Å²) >= 11 is 1.30. The Labute approximate surface area is 161 Å². The first-order valence-corrected chi connectivity index (χ1v) is 9.71. The molecule has 0 spiro atoms. The number of hydrogen-bond acceptors (Lipinski definition) is 4. The summed E-state index contributed by atoms with van der Waals surface area (Å²) in [5.41, 5.74) is 4.28. The quantitative estimate of drug-likeness (QED) is 0.710. The van der Waals surface area contributed by atoms with Gasteiger partial charge in [-0.2, -0.15) is 0 Å². The Morgan fingerprint density at radius 1 is 1.19 bits per heavy atom. The number of carbonyl (C=O) groups is 2. The van der Waals surface area contributed by atoms with E-state index in [2.05, 4.69) is 18.3 Å². The molecule has 0 saturated heterocycles. The zero-order valence-corrected chi connectivity index (χ0v) is 16.1. The second kappa shape index (κ2) is 7.04. The number of thiophene rings is 1. The van der Waals surface area contributed by atoms with Crippen LogP contribution in [0.3, 0.4) is 0 Å². The van der Waals surface area contributed by atoms with Gasteiger partial charge in [0.15, 0.2) is 5.76 Å². The van der Waals surface area contributed by atoms with Crippen molar-refractivity contribution < 1.29 is 14.0 Å². The summed E-state index contributed by atoms with van der Waals surface area (Å²) in [6.07, 6.45) is 3.41. The highest BCUT2D eigenvalue weighted by Gasteiger charge is 2.26. The van der Waals surface area contributed by atoms with Crippen LogP contribution >= 0.6 is 11.3 Å². The Bertz CT molecular complexity index is 1000. The smallest absolute Gasteiger partial charge is 0.291 e. The third-order valence-electron chi connectivity index (χ3n) is 4.69. The van der Waals surface area contributed by atoms with E-state index in [4.69, 9.17) is 4.42 Å². The number of amides is 2. The molecule has 3 heterocycles. The van der Waals surface area contributed by atoms with Gasteiger partial charge in [-0.3, -0.25) is 9.59 Å². The van der Waals surface area contributed by atoms with Gasteiger partial charge < -0.3 is 14.6 Å². The summed E-state index contributed by atoms with van der Waals surface area (Å²) in [6, 6.07) is 11.3. The molecule has 0 radical (unpaired) electrons. The molecule has 138 valence electrons. The fraction of sp³-hybridized carbons (Fsp3) is 0.238. The van der Waals surface area contributed by atoms with Crippen LogP contribution in [0.5, 0.6) is 0 Å². The molecule has 2 aromatic heterocycles. The van der Waals surface area contributed by atoms with E-state index in [0.29, 0.717) is 16.4 Å². The normalized spacial score (nSPS) is 13.3.